The number of non-ortho nitro benzene ring substituents is 1. The van der Waals surface area contributed by atoms with Crippen molar-refractivity contribution < 1.29 is 14.1 Å². The summed E-state index contributed by atoms with van der Waals surface area (Å²) >= 11 is 6.05. The van der Waals surface area contributed by atoms with Crippen LogP contribution in [-0.2, 0) is 0 Å². The maximum Gasteiger partial charge on any atom is 0.297 e. The van der Waals surface area contributed by atoms with Gasteiger partial charge in [0.15, 0.2) is 5.43 Å². The molecule has 10 heteroatoms. The number of benzene rings is 2. The van der Waals surface area contributed by atoms with Gasteiger partial charge < -0.3 is 4.42 Å². The maximum atomic E-state index is 13.4. The largest absolute Gasteiger partial charge is 0.450 e. The second-order valence-corrected chi connectivity index (χ2v) is 7.23. The number of carbonyl (C=O) groups excluding carboxylic acids is 1. The van der Waals surface area contributed by atoms with E-state index in [0.29, 0.717) is 10.6 Å². The third kappa shape index (κ3) is 2.94. The molecule has 1 unspecified atom stereocenters. The Morgan fingerprint density at radius 1 is 1.06 bits per heavy atom. The fourth-order valence-corrected chi connectivity index (χ4v) is 3.83. The molecular weight excluding hydrogens is 424 g/mol. The summed E-state index contributed by atoms with van der Waals surface area (Å²) in [5, 5.41) is 11.6. The lowest BCUT2D eigenvalue weighted by Crippen LogP contribution is -2.31. The van der Waals surface area contributed by atoms with Crippen LogP contribution in [-0.4, -0.2) is 20.8 Å². The van der Waals surface area contributed by atoms with Gasteiger partial charge in [-0.05, 0) is 42.0 Å². The van der Waals surface area contributed by atoms with Crippen LogP contribution in [0.1, 0.15) is 27.7 Å². The Kier molecular flexibility index (Phi) is 4.26. The molecule has 0 saturated heterocycles. The molecule has 0 bridgehead atoms. The zero-order valence-electron chi connectivity index (χ0n) is 15.6. The first kappa shape index (κ1) is 18.9. The van der Waals surface area contributed by atoms with Crippen LogP contribution in [0.15, 0.2) is 70.1 Å². The number of nitro groups is 1. The molecule has 1 aliphatic rings. The Morgan fingerprint density at radius 3 is 2.45 bits per heavy atom. The zero-order valence-corrected chi connectivity index (χ0v) is 16.3. The van der Waals surface area contributed by atoms with Gasteiger partial charge in [-0.2, -0.15) is 0 Å². The van der Waals surface area contributed by atoms with Crippen LogP contribution >= 0.6 is 11.6 Å². The summed E-state index contributed by atoms with van der Waals surface area (Å²) in [7, 11) is 0. The summed E-state index contributed by atoms with van der Waals surface area (Å²) in [4.78, 5) is 46.8. The highest BCUT2D eigenvalue weighted by Crippen LogP contribution is 2.40. The normalized spacial score (nSPS) is 15.3. The Morgan fingerprint density at radius 2 is 1.77 bits per heavy atom. The van der Waals surface area contributed by atoms with Crippen molar-refractivity contribution in [3.63, 3.8) is 0 Å². The molecule has 0 radical (unpaired) electrons. The summed E-state index contributed by atoms with van der Waals surface area (Å²) in [6, 6.07) is 10.8. The van der Waals surface area contributed by atoms with Crippen LogP contribution < -0.4 is 10.3 Å². The van der Waals surface area contributed by atoms with Crippen LogP contribution in [0.2, 0.25) is 5.02 Å². The van der Waals surface area contributed by atoms with Crippen molar-refractivity contribution in [1.82, 2.24) is 9.97 Å². The number of anilines is 1. The van der Waals surface area contributed by atoms with Crippen molar-refractivity contribution in [3.05, 3.63) is 103 Å². The molecule has 0 N–H and O–H groups in total. The number of hydrogen-bond donors (Lipinski definition) is 0. The number of aromatic nitrogens is 2. The van der Waals surface area contributed by atoms with Gasteiger partial charge in [-0.15, -0.1) is 0 Å². The van der Waals surface area contributed by atoms with E-state index in [2.05, 4.69) is 9.97 Å². The second-order valence-electron chi connectivity index (χ2n) is 6.79. The molecule has 1 atom stereocenters. The molecule has 0 fully saturated rings. The van der Waals surface area contributed by atoms with E-state index in [1.54, 1.807) is 12.1 Å². The molecule has 2 aromatic carbocycles. The predicted molar refractivity (Wildman–Crippen MR) is 111 cm³/mol. The van der Waals surface area contributed by atoms with Crippen molar-refractivity contribution in [2.45, 2.75) is 6.04 Å². The van der Waals surface area contributed by atoms with E-state index in [0.717, 1.165) is 0 Å². The van der Waals surface area contributed by atoms with Crippen LogP contribution in [0.4, 0.5) is 11.6 Å². The second kappa shape index (κ2) is 6.99. The van der Waals surface area contributed by atoms with Crippen LogP contribution in [0.3, 0.4) is 0 Å². The summed E-state index contributed by atoms with van der Waals surface area (Å²) in [5.74, 6) is -0.641. The molecule has 152 valence electrons. The summed E-state index contributed by atoms with van der Waals surface area (Å²) < 4.78 is 5.80. The average Bonchev–Trinajstić information content (AvgIpc) is 3.07. The van der Waals surface area contributed by atoms with Gasteiger partial charge in [-0.25, -0.2) is 9.97 Å². The first-order chi connectivity index (χ1) is 15.0. The molecule has 9 nitrogen and oxygen atoms in total. The number of rotatable bonds is 3. The smallest absolute Gasteiger partial charge is 0.297 e. The summed E-state index contributed by atoms with van der Waals surface area (Å²) in [5.41, 5.74) is 0.252. The van der Waals surface area contributed by atoms with Gasteiger partial charge in [0.25, 0.3) is 11.6 Å². The molecule has 2 aromatic heterocycles. The standard InChI is InChI=1S/C21H11ClN4O5/c22-12-4-7-15-14(10-12)18(27)16-17(11-2-5-13(6-3-11)26(29)30)25(20(28)19(16)31-15)21-23-8-1-9-24-21/h1-10,17H. The third-order valence-corrected chi connectivity index (χ3v) is 5.25. The summed E-state index contributed by atoms with van der Waals surface area (Å²) in [6.07, 6.45) is 2.94. The number of hydrogen-bond acceptors (Lipinski definition) is 7. The van der Waals surface area contributed by atoms with Crippen LogP contribution in [0.25, 0.3) is 11.0 Å². The van der Waals surface area contributed by atoms with E-state index < -0.39 is 22.3 Å². The van der Waals surface area contributed by atoms with E-state index in [1.165, 1.54) is 53.7 Å². The Bertz CT molecular complexity index is 1420. The van der Waals surface area contributed by atoms with Gasteiger partial charge in [0.05, 0.1) is 21.9 Å². The lowest BCUT2D eigenvalue weighted by Gasteiger charge is -2.22. The Hall–Kier alpha value is -4.11. The molecule has 0 saturated carbocycles. The molecule has 5 rings (SSSR count). The minimum atomic E-state index is -0.926. The highest BCUT2D eigenvalue weighted by atomic mass is 35.5. The van der Waals surface area contributed by atoms with Gasteiger partial charge in [0.2, 0.25) is 11.7 Å². The predicted octanol–water partition coefficient (Wildman–Crippen LogP) is 3.89. The molecule has 0 aliphatic carbocycles. The van der Waals surface area contributed by atoms with Crippen LogP contribution in [0, 0.1) is 10.1 Å². The quantitative estimate of drug-likeness (QED) is 0.354. The number of amides is 1. The van der Waals surface area contributed by atoms with E-state index in [1.807, 2.05) is 0 Å². The SMILES string of the molecule is O=C1c2oc3ccc(Cl)cc3c(=O)c2C(c2ccc([N+](=O)[O-])cc2)N1c1ncccn1. The average molecular weight is 435 g/mol. The fraction of sp³-hybridized carbons (Fsp3) is 0.0476. The molecular formula is C21H11ClN4O5. The summed E-state index contributed by atoms with van der Waals surface area (Å²) in [6.45, 7) is 0. The number of halogens is 1. The fourth-order valence-electron chi connectivity index (χ4n) is 3.66. The third-order valence-electron chi connectivity index (χ3n) is 5.02. The van der Waals surface area contributed by atoms with Gasteiger partial charge in [0.1, 0.15) is 5.58 Å². The van der Waals surface area contributed by atoms with Gasteiger partial charge in [-0.3, -0.25) is 24.6 Å². The van der Waals surface area contributed by atoms with Crippen molar-refractivity contribution in [2.24, 2.45) is 0 Å². The van der Waals surface area contributed by atoms with E-state index in [-0.39, 0.29) is 33.9 Å². The van der Waals surface area contributed by atoms with Crippen molar-refractivity contribution in [1.29, 1.82) is 0 Å². The molecule has 1 amide bonds. The topological polar surface area (TPSA) is 119 Å². The maximum absolute atomic E-state index is 13.4. The molecule has 0 spiro atoms. The lowest BCUT2D eigenvalue weighted by molar-refractivity contribution is -0.384. The van der Waals surface area contributed by atoms with Crippen molar-refractivity contribution >= 4 is 40.1 Å². The minimum Gasteiger partial charge on any atom is -0.450 e. The zero-order chi connectivity index (χ0) is 21.7. The number of nitrogens with zero attached hydrogens (tertiary/aromatic N) is 4. The lowest BCUT2D eigenvalue weighted by atomic mass is 9.98. The van der Waals surface area contributed by atoms with E-state index in [4.69, 9.17) is 16.0 Å². The highest BCUT2D eigenvalue weighted by molar-refractivity contribution is 6.31. The van der Waals surface area contributed by atoms with Crippen molar-refractivity contribution in [2.75, 3.05) is 4.90 Å². The van der Waals surface area contributed by atoms with Gasteiger partial charge in [0, 0.05) is 29.5 Å². The van der Waals surface area contributed by atoms with Crippen molar-refractivity contribution in [3.8, 4) is 0 Å². The molecule has 4 aromatic rings. The number of nitro benzene ring substituents is 1. The minimum absolute atomic E-state index is 0.0729. The number of carbonyl (C=O) groups is 1. The number of fused-ring (bicyclic) bond motifs is 2. The first-order valence-corrected chi connectivity index (χ1v) is 9.44. The Labute approximate surface area is 178 Å². The van der Waals surface area contributed by atoms with Gasteiger partial charge >= 0.3 is 0 Å². The molecule has 1 aliphatic heterocycles. The highest BCUT2D eigenvalue weighted by Gasteiger charge is 2.45. The monoisotopic (exact) mass is 434 g/mol. The molecule has 3 heterocycles. The first-order valence-electron chi connectivity index (χ1n) is 9.07. The van der Waals surface area contributed by atoms with E-state index >= 15 is 0 Å². The molecule has 31 heavy (non-hydrogen) atoms. The van der Waals surface area contributed by atoms with Crippen LogP contribution in [0.5, 0.6) is 0 Å². The van der Waals surface area contributed by atoms with Gasteiger partial charge in [-0.1, -0.05) is 11.6 Å². The van der Waals surface area contributed by atoms with E-state index in [9.17, 15) is 19.7 Å². The Balaban J connectivity index is 1.79.